The number of rotatable bonds is 11. The zero-order chi connectivity index (χ0) is 46.6. The van der Waals surface area contributed by atoms with Gasteiger partial charge in [0.1, 0.15) is 30.4 Å². The number of aryl methyl sites for hydroxylation is 1. The molecule has 4 rings (SSSR count). The van der Waals surface area contributed by atoms with E-state index in [4.69, 9.17) is 33.3 Å². The number of aliphatic hydroxyl groups excluding tert-OH is 3. The van der Waals surface area contributed by atoms with Gasteiger partial charge < -0.3 is 58.6 Å². The zero-order valence-electron chi connectivity index (χ0n) is 40.0. The number of nitrogens with zero attached hydrogens (tertiary/aromatic N) is 2. The molecule has 2 heterocycles. The summed E-state index contributed by atoms with van der Waals surface area (Å²) in [5.41, 5.74) is -2.86. The first kappa shape index (κ1) is 52.5. The highest BCUT2D eigenvalue weighted by Gasteiger charge is 2.53. The van der Waals surface area contributed by atoms with Crippen LogP contribution in [0.2, 0.25) is 0 Å². The summed E-state index contributed by atoms with van der Waals surface area (Å²) in [7, 11) is 6.88. The molecule has 356 valence electrons. The molecule has 4 N–H and O–H groups in total. The second kappa shape index (κ2) is 21.4. The average molecular weight is 883 g/mol. The molecule has 3 fully saturated rings. The van der Waals surface area contributed by atoms with Crippen LogP contribution in [0.3, 0.4) is 0 Å². The van der Waals surface area contributed by atoms with Crippen LogP contribution in [0.15, 0.2) is 23.4 Å². The van der Waals surface area contributed by atoms with E-state index in [-0.39, 0.29) is 43.8 Å². The molecule has 1 saturated carbocycles. The minimum atomic E-state index is -1.76. The second-order valence-corrected chi connectivity index (χ2v) is 19.5. The maximum Gasteiger partial charge on any atom is 0.185 e. The number of ether oxygens (including phenoxy) is 6. The molecule has 1 aromatic carbocycles. The predicted octanol–water partition coefficient (Wildman–Crippen LogP) is 5.55. The van der Waals surface area contributed by atoms with Crippen LogP contribution in [-0.4, -0.2) is 143 Å². The summed E-state index contributed by atoms with van der Waals surface area (Å²) < 4.78 is 53.9. The molecule has 15 heteroatoms. The summed E-state index contributed by atoms with van der Waals surface area (Å²) in [4.78, 5) is 22.6. The van der Waals surface area contributed by atoms with Crippen LogP contribution in [0.25, 0.3) is 0 Å². The Morgan fingerprint density at radius 1 is 0.919 bits per heavy atom. The van der Waals surface area contributed by atoms with E-state index < -0.39 is 101 Å². The lowest BCUT2D eigenvalue weighted by atomic mass is 9.69. The molecule has 0 spiro atoms. The van der Waals surface area contributed by atoms with Crippen LogP contribution in [0, 0.1) is 42.3 Å². The number of carbonyl (C=O) groups is 1. The standard InChI is InChI=1S/C47H79FN2O12/c1-16-33-21-35(51)28(5)40(61-36-23-45(9,56-14)42(54)31(8)60-36)30(7)43(62-44-39(52)34(50(12)13)20-27(4)59-44)46(10,57-15)22-26(3)38(29(6)41(53)47(33,11)55)49-58-24-32-19-17-18-25(2)37(32)48/h17-19,26-31,33-34,36,39-44,52-55H,16,20-24H2,1-15H3/b49-38+/t26-,27-,28+,29+,30+,31+,33+,34+,36+,39-,40-,41-,42+,43-,44+,45-,46-,47-/m1/s1. The quantitative estimate of drug-likeness (QED) is 0.204. The number of aliphatic hydroxyl groups is 4. The minimum absolute atomic E-state index is 0.0951. The van der Waals surface area contributed by atoms with Crippen molar-refractivity contribution in [1.82, 2.24) is 4.90 Å². The number of benzene rings is 1. The number of carbonyl (C=O) groups excluding carboxylic acids is 1. The van der Waals surface area contributed by atoms with Crippen LogP contribution in [0.1, 0.15) is 112 Å². The summed E-state index contributed by atoms with van der Waals surface area (Å²) in [6, 6.07) is 4.74. The molecule has 62 heavy (non-hydrogen) atoms. The van der Waals surface area contributed by atoms with E-state index >= 15 is 4.39 Å². The molecule has 18 atom stereocenters. The molecule has 1 aromatic rings. The van der Waals surface area contributed by atoms with Crippen LogP contribution in [0.5, 0.6) is 0 Å². The van der Waals surface area contributed by atoms with Gasteiger partial charge in [0.15, 0.2) is 12.6 Å². The molecule has 1 aliphatic carbocycles. The Kier molecular flexibility index (Phi) is 18.1. The van der Waals surface area contributed by atoms with Gasteiger partial charge in [-0.1, -0.05) is 64.4 Å². The van der Waals surface area contributed by atoms with E-state index in [1.54, 1.807) is 66.9 Å². The van der Waals surface area contributed by atoms with Gasteiger partial charge in [-0.15, -0.1) is 0 Å². The van der Waals surface area contributed by atoms with Crippen molar-refractivity contribution in [2.24, 2.45) is 34.7 Å². The zero-order valence-corrected chi connectivity index (χ0v) is 40.0. The molecular formula is C47H79FN2O12. The number of methoxy groups -OCH3 is 2. The summed E-state index contributed by atoms with van der Waals surface area (Å²) in [5, 5.41) is 51.8. The molecule has 0 radical (unpaired) electrons. The van der Waals surface area contributed by atoms with Gasteiger partial charge in [-0.05, 0) is 80.0 Å². The largest absolute Gasteiger partial charge is 0.391 e. The Morgan fingerprint density at radius 3 is 2.16 bits per heavy atom. The molecule has 0 bridgehead atoms. The van der Waals surface area contributed by atoms with E-state index in [2.05, 4.69) is 5.16 Å². The van der Waals surface area contributed by atoms with Gasteiger partial charge in [-0.3, -0.25) is 4.79 Å². The van der Waals surface area contributed by atoms with Gasteiger partial charge in [-0.25, -0.2) is 4.39 Å². The Balaban J connectivity index is 1.91. The van der Waals surface area contributed by atoms with Gasteiger partial charge in [0.25, 0.3) is 0 Å². The smallest absolute Gasteiger partial charge is 0.185 e. The highest BCUT2D eigenvalue weighted by Crippen LogP contribution is 2.43. The first-order valence-electron chi connectivity index (χ1n) is 22.5. The Morgan fingerprint density at radius 2 is 1.56 bits per heavy atom. The lowest BCUT2D eigenvalue weighted by Crippen LogP contribution is -2.61. The van der Waals surface area contributed by atoms with E-state index in [0.29, 0.717) is 29.7 Å². The molecule has 0 unspecified atom stereocenters. The molecule has 3 aliphatic rings. The third kappa shape index (κ3) is 11.4. The third-order valence-electron chi connectivity index (χ3n) is 14.6. The summed E-state index contributed by atoms with van der Waals surface area (Å²) in [6.45, 7) is 19.6. The fourth-order valence-corrected chi connectivity index (χ4v) is 10.2. The van der Waals surface area contributed by atoms with Crippen molar-refractivity contribution in [3.8, 4) is 0 Å². The Hall–Kier alpha value is -2.15. The summed E-state index contributed by atoms with van der Waals surface area (Å²) >= 11 is 0. The van der Waals surface area contributed by atoms with Gasteiger partial charge in [-0.2, -0.15) is 0 Å². The first-order chi connectivity index (χ1) is 28.9. The maximum absolute atomic E-state index is 15.1. The number of halogens is 1. The fraction of sp³-hybridized carbons (Fsp3) is 0.830. The molecular weight excluding hydrogens is 804 g/mol. The number of Topliss-reactive ketones (excluding diaryl/α,β-unsaturated/α-hetero) is 1. The molecule has 0 aromatic heterocycles. The number of ketones is 1. The lowest BCUT2D eigenvalue weighted by molar-refractivity contribution is -0.318. The van der Waals surface area contributed by atoms with Crippen molar-refractivity contribution in [1.29, 1.82) is 0 Å². The Bertz CT molecular complexity index is 1650. The number of hydrogen-bond acceptors (Lipinski definition) is 14. The predicted molar refractivity (Wildman–Crippen MR) is 233 cm³/mol. The van der Waals surface area contributed by atoms with Gasteiger partial charge in [0.05, 0.1) is 53.0 Å². The molecule has 0 amide bonds. The van der Waals surface area contributed by atoms with Gasteiger partial charge in [0.2, 0.25) is 0 Å². The first-order valence-corrected chi connectivity index (χ1v) is 22.5. The van der Waals surface area contributed by atoms with Crippen molar-refractivity contribution in [2.45, 2.75) is 193 Å². The van der Waals surface area contributed by atoms with Crippen molar-refractivity contribution in [3.05, 3.63) is 35.1 Å². The summed E-state index contributed by atoms with van der Waals surface area (Å²) in [5.74, 6) is -4.10. The molecule has 14 nitrogen and oxygen atoms in total. The monoisotopic (exact) mass is 883 g/mol. The van der Waals surface area contributed by atoms with Crippen LogP contribution in [-0.2, 0) is 44.7 Å². The highest BCUT2D eigenvalue weighted by atomic mass is 19.1. The van der Waals surface area contributed by atoms with Gasteiger partial charge in [0, 0.05) is 62.3 Å². The maximum atomic E-state index is 15.1. The molecule has 2 aliphatic heterocycles. The fourth-order valence-electron chi connectivity index (χ4n) is 10.2. The highest BCUT2D eigenvalue weighted by molar-refractivity contribution is 5.89. The summed E-state index contributed by atoms with van der Waals surface area (Å²) in [6.07, 6.45) is -7.02. The normalized spacial score (nSPS) is 43.7. The number of oxime groups is 1. The third-order valence-corrected chi connectivity index (χ3v) is 14.6. The van der Waals surface area contributed by atoms with Crippen LogP contribution in [0.4, 0.5) is 4.39 Å². The van der Waals surface area contributed by atoms with Crippen molar-refractivity contribution >= 4 is 11.5 Å². The Labute approximate surface area is 369 Å². The van der Waals surface area contributed by atoms with Crippen molar-refractivity contribution < 1.29 is 62.9 Å². The van der Waals surface area contributed by atoms with Crippen LogP contribution < -0.4 is 0 Å². The van der Waals surface area contributed by atoms with Crippen molar-refractivity contribution in [2.75, 3.05) is 28.3 Å². The van der Waals surface area contributed by atoms with E-state index in [1.165, 1.54) is 7.11 Å². The van der Waals surface area contributed by atoms with Crippen LogP contribution >= 0.6 is 0 Å². The number of hydrogen-bond donors (Lipinski definition) is 4. The lowest BCUT2D eigenvalue weighted by Gasteiger charge is -2.50. The van der Waals surface area contributed by atoms with E-state index in [1.807, 2.05) is 53.6 Å². The number of likely N-dealkylation sites (N-methyl/N-ethyl adjacent to an activating group) is 1. The SMILES string of the molecule is CC[C@H]1CC(=O)[C@H](C)[C@@H](O[C@H]2C[C@@](C)(OC)[C@@H](O)[C@H](C)O2)[C@H](C)[C@@H](O[C@@H]2O[C@H](C)C[C@H](N(C)C)[C@H]2O)[C@](C)(OC)C[C@@H](C)/C(=N\OCc2cccc(C)c2F)[C@H](C)[C@@H](O)[C@]1(C)O. The van der Waals surface area contributed by atoms with Gasteiger partial charge >= 0.3 is 0 Å². The second-order valence-electron chi connectivity index (χ2n) is 19.5. The average Bonchev–Trinajstić information content (AvgIpc) is 3.22. The van der Waals surface area contributed by atoms with E-state index in [0.717, 1.165) is 0 Å². The minimum Gasteiger partial charge on any atom is -0.391 e. The molecule has 2 saturated heterocycles. The van der Waals surface area contributed by atoms with Crippen molar-refractivity contribution in [3.63, 3.8) is 0 Å². The van der Waals surface area contributed by atoms with E-state index in [9.17, 15) is 25.2 Å². The topological polar surface area (TPSA) is 178 Å².